The molecule has 1 aliphatic heterocycles. The number of hydrogen-bond acceptors (Lipinski definition) is 2. The lowest BCUT2D eigenvalue weighted by atomic mass is 10.2. The second kappa shape index (κ2) is 6.46. The Balaban J connectivity index is 1.45. The summed E-state index contributed by atoms with van der Waals surface area (Å²) in [6.07, 6.45) is 0. The van der Waals surface area contributed by atoms with Crippen LogP contribution in [-0.2, 0) is 13.6 Å². The molecule has 0 unspecified atom stereocenters. The first-order valence-corrected chi connectivity index (χ1v) is 8.83. The van der Waals surface area contributed by atoms with Crippen LogP contribution < -0.4 is 9.80 Å². The van der Waals surface area contributed by atoms with Gasteiger partial charge in [-0.05, 0) is 30.3 Å². The first-order valence-electron chi connectivity index (χ1n) is 8.45. The molecule has 2 aromatic carbocycles. The van der Waals surface area contributed by atoms with E-state index < -0.39 is 0 Å². The fraction of sp³-hybridized carbons (Fsp3) is 0.316. The number of anilines is 1. The van der Waals surface area contributed by atoms with Gasteiger partial charge in [-0.2, -0.15) is 0 Å². The number of quaternary nitrogens is 1. The van der Waals surface area contributed by atoms with Crippen molar-refractivity contribution >= 4 is 28.3 Å². The molecule has 124 valence electrons. The minimum absolute atomic E-state index is 0.746. The van der Waals surface area contributed by atoms with Gasteiger partial charge >= 0.3 is 0 Å². The maximum atomic E-state index is 6.09. The molecule has 0 radical (unpaired) electrons. The van der Waals surface area contributed by atoms with Crippen LogP contribution in [-0.4, -0.2) is 35.7 Å². The third-order valence-electron chi connectivity index (χ3n) is 4.94. The van der Waals surface area contributed by atoms with E-state index in [0.717, 1.165) is 54.6 Å². The van der Waals surface area contributed by atoms with Crippen LogP contribution in [0.1, 0.15) is 5.82 Å². The molecular weight excluding hydrogens is 320 g/mol. The van der Waals surface area contributed by atoms with Crippen LogP contribution in [0, 0.1) is 0 Å². The largest absolute Gasteiger partial charge is 0.360 e. The lowest BCUT2D eigenvalue weighted by Crippen LogP contribution is -3.13. The number of imidazole rings is 1. The highest BCUT2D eigenvalue weighted by Gasteiger charge is 2.22. The Morgan fingerprint density at radius 3 is 2.58 bits per heavy atom. The highest BCUT2D eigenvalue weighted by Crippen LogP contribution is 2.19. The van der Waals surface area contributed by atoms with Crippen molar-refractivity contribution in [3.05, 3.63) is 59.4 Å². The maximum absolute atomic E-state index is 6.09. The lowest BCUT2D eigenvalue weighted by molar-refractivity contribution is -0.915. The number of benzene rings is 2. The highest BCUT2D eigenvalue weighted by molar-refractivity contribution is 6.31. The van der Waals surface area contributed by atoms with Gasteiger partial charge < -0.3 is 14.4 Å². The summed E-state index contributed by atoms with van der Waals surface area (Å²) in [4.78, 5) is 8.85. The molecule has 5 heteroatoms. The fourth-order valence-corrected chi connectivity index (χ4v) is 3.67. The van der Waals surface area contributed by atoms with E-state index in [0.29, 0.717) is 0 Å². The first-order chi connectivity index (χ1) is 11.7. The molecule has 0 aliphatic carbocycles. The van der Waals surface area contributed by atoms with Gasteiger partial charge in [0.15, 0.2) is 5.82 Å². The molecule has 0 saturated carbocycles. The Kier molecular flexibility index (Phi) is 4.17. The highest BCUT2D eigenvalue weighted by atomic mass is 35.5. The summed E-state index contributed by atoms with van der Waals surface area (Å²) in [6, 6.07) is 16.6. The molecule has 0 bridgehead atoms. The molecule has 0 atom stereocenters. The zero-order valence-electron chi connectivity index (χ0n) is 13.9. The van der Waals surface area contributed by atoms with Gasteiger partial charge in [0.1, 0.15) is 6.54 Å². The van der Waals surface area contributed by atoms with Gasteiger partial charge in [0.05, 0.1) is 37.2 Å². The van der Waals surface area contributed by atoms with E-state index in [4.69, 9.17) is 16.6 Å². The molecule has 2 heterocycles. The molecule has 1 fully saturated rings. The van der Waals surface area contributed by atoms with E-state index in [1.165, 1.54) is 5.69 Å². The Bertz CT molecular complexity index is 835. The first kappa shape index (κ1) is 15.5. The number of aryl methyl sites for hydroxylation is 1. The third kappa shape index (κ3) is 2.99. The van der Waals surface area contributed by atoms with E-state index in [2.05, 4.69) is 52.9 Å². The van der Waals surface area contributed by atoms with Crippen molar-refractivity contribution in [1.29, 1.82) is 0 Å². The summed E-state index contributed by atoms with van der Waals surface area (Å²) in [7, 11) is 2.10. The monoisotopic (exact) mass is 341 g/mol. The molecule has 1 N–H and O–H groups in total. The Morgan fingerprint density at radius 2 is 1.83 bits per heavy atom. The molecule has 1 aromatic heterocycles. The van der Waals surface area contributed by atoms with Crippen molar-refractivity contribution < 1.29 is 4.90 Å². The maximum Gasteiger partial charge on any atom is 0.165 e. The van der Waals surface area contributed by atoms with Gasteiger partial charge in [0.25, 0.3) is 0 Å². The second-order valence-electron chi connectivity index (χ2n) is 6.47. The summed E-state index contributed by atoms with van der Waals surface area (Å²) >= 11 is 6.09. The predicted molar refractivity (Wildman–Crippen MR) is 98.8 cm³/mol. The summed E-state index contributed by atoms with van der Waals surface area (Å²) in [5.74, 6) is 1.13. The van der Waals surface area contributed by atoms with Crippen molar-refractivity contribution in [3.8, 4) is 0 Å². The number of nitrogens with one attached hydrogen (secondary N) is 1. The standard InChI is InChI=1S/C19H21ClN4/c1-22-18-8-7-15(20)13-17(18)21-19(22)14-23-9-11-24(12-10-23)16-5-3-2-4-6-16/h2-8,13H,9-12,14H2,1H3/p+1. The summed E-state index contributed by atoms with van der Waals surface area (Å²) in [5, 5.41) is 0.746. The van der Waals surface area contributed by atoms with Crippen molar-refractivity contribution in [2.45, 2.75) is 6.54 Å². The summed E-state index contributed by atoms with van der Waals surface area (Å²) in [5.41, 5.74) is 3.47. The third-order valence-corrected chi connectivity index (χ3v) is 5.17. The number of para-hydroxylation sites is 1. The van der Waals surface area contributed by atoms with Crippen LogP contribution >= 0.6 is 11.6 Å². The van der Waals surface area contributed by atoms with Crippen molar-refractivity contribution in [1.82, 2.24) is 9.55 Å². The van der Waals surface area contributed by atoms with Gasteiger partial charge in [0, 0.05) is 17.8 Å². The fourth-order valence-electron chi connectivity index (χ4n) is 3.50. The van der Waals surface area contributed by atoms with Crippen molar-refractivity contribution in [2.75, 3.05) is 31.1 Å². The van der Waals surface area contributed by atoms with Gasteiger partial charge in [-0.25, -0.2) is 4.98 Å². The zero-order valence-corrected chi connectivity index (χ0v) is 14.6. The van der Waals surface area contributed by atoms with E-state index in [-0.39, 0.29) is 0 Å². The second-order valence-corrected chi connectivity index (χ2v) is 6.91. The topological polar surface area (TPSA) is 25.5 Å². The van der Waals surface area contributed by atoms with Crippen LogP contribution in [0.2, 0.25) is 5.02 Å². The minimum Gasteiger partial charge on any atom is -0.360 e. The van der Waals surface area contributed by atoms with Gasteiger partial charge in [0.2, 0.25) is 0 Å². The lowest BCUT2D eigenvalue weighted by Gasteiger charge is -2.33. The minimum atomic E-state index is 0.746. The number of rotatable bonds is 3. The number of halogens is 1. The van der Waals surface area contributed by atoms with Crippen LogP contribution in [0.25, 0.3) is 11.0 Å². The molecule has 1 saturated heterocycles. The molecule has 1 aliphatic rings. The average molecular weight is 342 g/mol. The van der Waals surface area contributed by atoms with Crippen LogP contribution in [0.3, 0.4) is 0 Å². The van der Waals surface area contributed by atoms with Gasteiger partial charge in [-0.3, -0.25) is 0 Å². The number of nitrogens with zero attached hydrogens (tertiary/aromatic N) is 3. The smallest absolute Gasteiger partial charge is 0.165 e. The number of fused-ring (bicyclic) bond motifs is 1. The Labute approximate surface area is 147 Å². The van der Waals surface area contributed by atoms with Crippen molar-refractivity contribution in [2.24, 2.45) is 7.05 Å². The molecule has 4 rings (SSSR count). The Hall–Kier alpha value is -2.04. The number of aromatic nitrogens is 2. The molecular formula is C19H22ClN4+. The predicted octanol–water partition coefficient (Wildman–Crippen LogP) is 2.13. The summed E-state index contributed by atoms with van der Waals surface area (Å²) < 4.78 is 2.20. The molecule has 24 heavy (non-hydrogen) atoms. The van der Waals surface area contributed by atoms with Crippen molar-refractivity contribution in [3.63, 3.8) is 0 Å². The van der Waals surface area contributed by atoms with Crippen LogP contribution in [0.5, 0.6) is 0 Å². The van der Waals surface area contributed by atoms with E-state index in [1.807, 2.05) is 12.1 Å². The number of piperazine rings is 1. The van der Waals surface area contributed by atoms with E-state index in [9.17, 15) is 0 Å². The number of hydrogen-bond donors (Lipinski definition) is 1. The molecule has 0 amide bonds. The van der Waals surface area contributed by atoms with Crippen LogP contribution in [0.4, 0.5) is 5.69 Å². The quantitative estimate of drug-likeness (QED) is 0.789. The van der Waals surface area contributed by atoms with Gasteiger partial charge in [-0.1, -0.05) is 29.8 Å². The molecule has 3 aromatic rings. The van der Waals surface area contributed by atoms with E-state index >= 15 is 0 Å². The molecule has 0 spiro atoms. The van der Waals surface area contributed by atoms with Crippen LogP contribution in [0.15, 0.2) is 48.5 Å². The van der Waals surface area contributed by atoms with E-state index in [1.54, 1.807) is 4.90 Å². The summed E-state index contributed by atoms with van der Waals surface area (Å²) in [6.45, 7) is 5.42. The van der Waals surface area contributed by atoms with Gasteiger partial charge in [-0.15, -0.1) is 0 Å². The Morgan fingerprint density at radius 1 is 1.08 bits per heavy atom. The normalized spacial score (nSPS) is 16.0. The average Bonchev–Trinajstić information content (AvgIpc) is 2.91. The zero-order chi connectivity index (χ0) is 16.5. The SMILES string of the molecule is Cn1c(C[NH+]2CCN(c3ccccc3)CC2)nc2cc(Cl)ccc21. The molecule has 4 nitrogen and oxygen atoms in total.